The number of carbonyl (C=O) groups excluding carboxylic acids is 1. The fourth-order valence-corrected chi connectivity index (χ4v) is 1.75. The van der Waals surface area contributed by atoms with Crippen LogP contribution in [0.2, 0.25) is 0 Å². The van der Waals surface area contributed by atoms with E-state index in [1.807, 2.05) is 0 Å². The van der Waals surface area contributed by atoms with Crippen molar-refractivity contribution in [2.45, 2.75) is 71.3 Å². The standard InChI is InChI=1S/C13H28N2O/c1-3-4-5-6-9-12(2)15-11-8-7-10-13(14)16/h12,15H,3-11H2,1-2H3,(H2,14,16). The van der Waals surface area contributed by atoms with E-state index in [9.17, 15) is 4.79 Å². The molecule has 0 rings (SSSR count). The van der Waals surface area contributed by atoms with Gasteiger partial charge in [-0.1, -0.05) is 32.6 Å². The van der Waals surface area contributed by atoms with Gasteiger partial charge in [0.15, 0.2) is 0 Å². The zero-order valence-electron chi connectivity index (χ0n) is 10.9. The molecule has 16 heavy (non-hydrogen) atoms. The Morgan fingerprint density at radius 3 is 2.56 bits per heavy atom. The van der Waals surface area contributed by atoms with Crippen molar-refractivity contribution in [1.29, 1.82) is 0 Å². The van der Waals surface area contributed by atoms with Gasteiger partial charge in [-0.2, -0.15) is 0 Å². The van der Waals surface area contributed by atoms with E-state index >= 15 is 0 Å². The highest BCUT2D eigenvalue weighted by atomic mass is 16.1. The van der Waals surface area contributed by atoms with Gasteiger partial charge in [-0.25, -0.2) is 0 Å². The fourth-order valence-electron chi connectivity index (χ4n) is 1.75. The van der Waals surface area contributed by atoms with Crippen molar-refractivity contribution >= 4 is 5.91 Å². The van der Waals surface area contributed by atoms with Crippen LogP contribution >= 0.6 is 0 Å². The summed E-state index contributed by atoms with van der Waals surface area (Å²) >= 11 is 0. The van der Waals surface area contributed by atoms with Crippen molar-refractivity contribution in [3.63, 3.8) is 0 Å². The molecule has 0 aromatic heterocycles. The number of nitrogens with one attached hydrogen (secondary N) is 1. The van der Waals surface area contributed by atoms with E-state index in [0.29, 0.717) is 12.5 Å². The molecular weight excluding hydrogens is 200 g/mol. The lowest BCUT2D eigenvalue weighted by Crippen LogP contribution is -2.27. The predicted molar refractivity (Wildman–Crippen MR) is 69.3 cm³/mol. The molecule has 0 saturated heterocycles. The first-order valence-electron chi connectivity index (χ1n) is 6.68. The van der Waals surface area contributed by atoms with Crippen LogP contribution in [-0.4, -0.2) is 18.5 Å². The number of carbonyl (C=O) groups is 1. The minimum Gasteiger partial charge on any atom is -0.370 e. The van der Waals surface area contributed by atoms with Crippen LogP contribution < -0.4 is 11.1 Å². The maximum Gasteiger partial charge on any atom is 0.217 e. The van der Waals surface area contributed by atoms with Crippen LogP contribution in [0.4, 0.5) is 0 Å². The van der Waals surface area contributed by atoms with E-state index < -0.39 is 0 Å². The van der Waals surface area contributed by atoms with Crippen LogP contribution in [0.5, 0.6) is 0 Å². The minimum atomic E-state index is -0.187. The van der Waals surface area contributed by atoms with Gasteiger partial charge >= 0.3 is 0 Å². The number of hydrogen-bond donors (Lipinski definition) is 2. The van der Waals surface area contributed by atoms with Gasteiger partial charge in [-0.15, -0.1) is 0 Å². The van der Waals surface area contributed by atoms with Crippen molar-refractivity contribution in [3.05, 3.63) is 0 Å². The third-order valence-corrected chi connectivity index (χ3v) is 2.83. The average molecular weight is 228 g/mol. The molecule has 1 atom stereocenters. The molecule has 3 N–H and O–H groups in total. The Morgan fingerprint density at radius 2 is 1.94 bits per heavy atom. The molecule has 0 aromatic rings. The lowest BCUT2D eigenvalue weighted by molar-refractivity contribution is -0.118. The highest BCUT2D eigenvalue weighted by molar-refractivity contribution is 5.73. The summed E-state index contributed by atoms with van der Waals surface area (Å²) in [6, 6.07) is 0.602. The van der Waals surface area contributed by atoms with Gasteiger partial charge in [0.25, 0.3) is 0 Å². The van der Waals surface area contributed by atoms with Crippen LogP contribution in [0.3, 0.4) is 0 Å². The first-order valence-corrected chi connectivity index (χ1v) is 6.68. The summed E-state index contributed by atoms with van der Waals surface area (Å²) in [5.41, 5.74) is 5.07. The highest BCUT2D eigenvalue weighted by Gasteiger charge is 2.00. The van der Waals surface area contributed by atoms with E-state index in [0.717, 1.165) is 19.4 Å². The molecule has 0 heterocycles. The molecular formula is C13H28N2O. The summed E-state index contributed by atoms with van der Waals surface area (Å²) < 4.78 is 0. The average Bonchev–Trinajstić information content (AvgIpc) is 2.23. The molecule has 0 aromatic carbocycles. The Hall–Kier alpha value is -0.570. The van der Waals surface area contributed by atoms with Crippen molar-refractivity contribution in [2.24, 2.45) is 5.73 Å². The molecule has 0 saturated carbocycles. The normalized spacial score (nSPS) is 12.6. The summed E-state index contributed by atoms with van der Waals surface area (Å²) in [5.74, 6) is -0.187. The molecule has 0 aliphatic rings. The second kappa shape index (κ2) is 10.9. The first kappa shape index (κ1) is 15.4. The molecule has 1 amide bonds. The Kier molecular flexibility index (Phi) is 10.5. The van der Waals surface area contributed by atoms with Gasteiger partial charge in [0.2, 0.25) is 5.91 Å². The number of nitrogens with two attached hydrogens (primary N) is 1. The molecule has 0 bridgehead atoms. The maximum absolute atomic E-state index is 10.5. The number of unbranched alkanes of at least 4 members (excludes halogenated alkanes) is 4. The molecule has 0 fully saturated rings. The largest absolute Gasteiger partial charge is 0.370 e. The van der Waals surface area contributed by atoms with E-state index in [4.69, 9.17) is 5.73 Å². The second-order valence-corrected chi connectivity index (χ2v) is 4.63. The van der Waals surface area contributed by atoms with Gasteiger partial charge in [0.1, 0.15) is 0 Å². The molecule has 1 unspecified atom stereocenters. The number of hydrogen-bond acceptors (Lipinski definition) is 2. The van der Waals surface area contributed by atoms with Crippen LogP contribution in [0.1, 0.15) is 65.2 Å². The van der Waals surface area contributed by atoms with Crippen LogP contribution in [0.25, 0.3) is 0 Å². The number of rotatable bonds is 11. The molecule has 0 radical (unpaired) electrons. The van der Waals surface area contributed by atoms with Gasteiger partial charge in [0, 0.05) is 12.5 Å². The topological polar surface area (TPSA) is 55.1 Å². The Bertz CT molecular complexity index is 171. The lowest BCUT2D eigenvalue weighted by atomic mass is 10.1. The first-order chi connectivity index (χ1) is 7.66. The molecule has 0 aliphatic heterocycles. The second-order valence-electron chi connectivity index (χ2n) is 4.63. The third kappa shape index (κ3) is 11.5. The summed E-state index contributed by atoms with van der Waals surface area (Å²) in [6.45, 7) is 5.47. The zero-order valence-corrected chi connectivity index (χ0v) is 10.9. The summed E-state index contributed by atoms with van der Waals surface area (Å²) in [5, 5.41) is 3.48. The fraction of sp³-hybridized carbons (Fsp3) is 0.923. The number of primary amides is 1. The van der Waals surface area contributed by atoms with Crippen molar-refractivity contribution in [1.82, 2.24) is 5.32 Å². The smallest absolute Gasteiger partial charge is 0.217 e. The quantitative estimate of drug-likeness (QED) is 0.534. The van der Waals surface area contributed by atoms with Crippen molar-refractivity contribution in [2.75, 3.05) is 6.54 Å². The van der Waals surface area contributed by atoms with E-state index in [-0.39, 0.29) is 5.91 Å². The predicted octanol–water partition coefficient (Wildman–Crippen LogP) is 2.59. The molecule has 3 heteroatoms. The highest BCUT2D eigenvalue weighted by Crippen LogP contribution is 2.05. The SMILES string of the molecule is CCCCCCC(C)NCCCCC(N)=O. The van der Waals surface area contributed by atoms with Crippen LogP contribution in [0.15, 0.2) is 0 Å². The van der Waals surface area contributed by atoms with E-state index in [1.165, 1.54) is 32.1 Å². The van der Waals surface area contributed by atoms with Gasteiger partial charge in [0.05, 0.1) is 0 Å². The summed E-state index contributed by atoms with van der Waals surface area (Å²) in [6.07, 6.45) is 9.06. The summed E-state index contributed by atoms with van der Waals surface area (Å²) in [7, 11) is 0. The van der Waals surface area contributed by atoms with E-state index in [1.54, 1.807) is 0 Å². The van der Waals surface area contributed by atoms with Gasteiger partial charge in [-0.3, -0.25) is 4.79 Å². The number of amides is 1. The lowest BCUT2D eigenvalue weighted by Gasteiger charge is -2.13. The Labute approximate surface area is 100 Å². The van der Waals surface area contributed by atoms with Gasteiger partial charge in [-0.05, 0) is 32.7 Å². The van der Waals surface area contributed by atoms with Gasteiger partial charge < -0.3 is 11.1 Å². The molecule has 0 spiro atoms. The monoisotopic (exact) mass is 228 g/mol. The van der Waals surface area contributed by atoms with Crippen LogP contribution in [-0.2, 0) is 4.79 Å². The summed E-state index contributed by atoms with van der Waals surface area (Å²) in [4.78, 5) is 10.5. The zero-order chi connectivity index (χ0) is 12.2. The minimum absolute atomic E-state index is 0.187. The Morgan fingerprint density at radius 1 is 1.19 bits per heavy atom. The van der Waals surface area contributed by atoms with E-state index in [2.05, 4.69) is 19.2 Å². The van der Waals surface area contributed by atoms with Crippen LogP contribution in [0, 0.1) is 0 Å². The van der Waals surface area contributed by atoms with Crippen molar-refractivity contribution in [3.8, 4) is 0 Å². The molecule has 96 valence electrons. The molecule has 0 aliphatic carbocycles. The maximum atomic E-state index is 10.5. The third-order valence-electron chi connectivity index (χ3n) is 2.83. The van der Waals surface area contributed by atoms with Crippen molar-refractivity contribution < 1.29 is 4.79 Å². The molecule has 3 nitrogen and oxygen atoms in total. The Balaban J connectivity index is 3.17.